The van der Waals surface area contributed by atoms with Crippen LogP contribution in [0.15, 0.2) is 42.6 Å². The zero-order valence-corrected chi connectivity index (χ0v) is 15.4. The van der Waals surface area contributed by atoms with Crippen LogP contribution in [-0.4, -0.2) is 29.2 Å². The molecule has 134 valence electrons. The Morgan fingerprint density at radius 1 is 1.04 bits per heavy atom. The Hall–Kier alpha value is -2.57. The van der Waals surface area contributed by atoms with Crippen molar-refractivity contribution in [2.75, 3.05) is 7.11 Å². The molecule has 3 aromatic rings. The molecular weight excluding hydrogens is 379 g/mol. The van der Waals surface area contributed by atoms with Gasteiger partial charge in [-0.05, 0) is 43.3 Å². The molecule has 0 aliphatic heterocycles. The van der Waals surface area contributed by atoms with E-state index in [-0.39, 0.29) is 0 Å². The summed E-state index contributed by atoms with van der Waals surface area (Å²) in [7, 11) is 1.31. The van der Waals surface area contributed by atoms with Gasteiger partial charge in [0.1, 0.15) is 11.5 Å². The van der Waals surface area contributed by atoms with Crippen LogP contribution in [0, 0.1) is 0 Å². The fourth-order valence-corrected chi connectivity index (χ4v) is 2.48. The standard InChI is InChI=1S/C18H14Cl2N2O4/c1-10(18(23)24-2)25-11-3-5-12(6-4-11)26-17-9-21-15-7-13(19)14(20)8-16(15)22-17/h3-10H,1-2H3. The Bertz CT molecular complexity index is 948. The van der Waals surface area contributed by atoms with Gasteiger partial charge in [0, 0.05) is 0 Å². The number of nitrogens with zero attached hydrogens (tertiary/aromatic N) is 2. The maximum absolute atomic E-state index is 11.4. The van der Waals surface area contributed by atoms with Gasteiger partial charge in [-0.25, -0.2) is 14.8 Å². The minimum Gasteiger partial charge on any atom is -0.479 e. The predicted octanol–water partition coefficient (Wildman–Crippen LogP) is 4.67. The summed E-state index contributed by atoms with van der Waals surface area (Å²) in [6.45, 7) is 1.61. The Morgan fingerprint density at radius 3 is 2.31 bits per heavy atom. The molecule has 0 saturated heterocycles. The maximum atomic E-state index is 11.4. The fourth-order valence-electron chi connectivity index (χ4n) is 2.17. The fraction of sp³-hybridized carbons (Fsp3) is 0.167. The van der Waals surface area contributed by atoms with Crippen molar-refractivity contribution in [2.24, 2.45) is 0 Å². The number of halogens is 2. The van der Waals surface area contributed by atoms with E-state index in [1.165, 1.54) is 13.3 Å². The molecule has 1 atom stereocenters. The van der Waals surface area contributed by atoms with Crippen molar-refractivity contribution in [3.63, 3.8) is 0 Å². The van der Waals surface area contributed by atoms with Gasteiger partial charge in [0.25, 0.3) is 0 Å². The van der Waals surface area contributed by atoms with Gasteiger partial charge in [-0.1, -0.05) is 23.2 Å². The quantitative estimate of drug-likeness (QED) is 0.587. The van der Waals surface area contributed by atoms with Crippen molar-refractivity contribution in [3.8, 4) is 17.4 Å². The number of fused-ring (bicyclic) bond motifs is 1. The van der Waals surface area contributed by atoms with Crippen molar-refractivity contribution < 1.29 is 19.0 Å². The molecule has 0 aliphatic rings. The second-order valence-corrected chi connectivity index (χ2v) is 6.13. The van der Waals surface area contributed by atoms with Gasteiger partial charge in [-0.15, -0.1) is 0 Å². The average Bonchev–Trinajstić information content (AvgIpc) is 2.63. The van der Waals surface area contributed by atoms with Crippen LogP contribution in [0.3, 0.4) is 0 Å². The van der Waals surface area contributed by atoms with Crippen LogP contribution in [-0.2, 0) is 9.53 Å². The molecule has 2 aromatic carbocycles. The Labute approximate surface area is 159 Å². The van der Waals surface area contributed by atoms with E-state index in [0.29, 0.717) is 38.5 Å². The summed E-state index contributed by atoms with van der Waals surface area (Å²) >= 11 is 12.0. The molecule has 0 fully saturated rings. The molecule has 8 heteroatoms. The molecule has 3 rings (SSSR count). The second kappa shape index (κ2) is 7.76. The highest BCUT2D eigenvalue weighted by Crippen LogP contribution is 2.28. The molecule has 0 spiro atoms. The molecule has 0 amide bonds. The first-order valence-corrected chi connectivity index (χ1v) is 8.36. The number of hydrogen-bond acceptors (Lipinski definition) is 6. The maximum Gasteiger partial charge on any atom is 0.346 e. The number of carbonyl (C=O) groups excluding carboxylic acids is 1. The SMILES string of the molecule is COC(=O)C(C)Oc1ccc(Oc2cnc3cc(Cl)c(Cl)cc3n2)cc1. The lowest BCUT2D eigenvalue weighted by molar-refractivity contribution is -0.147. The van der Waals surface area contributed by atoms with Gasteiger partial charge >= 0.3 is 5.97 Å². The van der Waals surface area contributed by atoms with Crippen LogP contribution >= 0.6 is 23.2 Å². The van der Waals surface area contributed by atoms with Crippen LogP contribution < -0.4 is 9.47 Å². The topological polar surface area (TPSA) is 70.5 Å². The van der Waals surface area contributed by atoms with Crippen molar-refractivity contribution >= 4 is 40.2 Å². The first kappa shape index (κ1) is 18.2. The van der Waals surface area contributed by atoms with E-state index in [1.807, 2.05) is 0 Å². The van der Waals surface area contributed by atoms with Crippen molar-refractivity contribution in [1.29, 1.82) is 0 Å². The lowest BCUT2D eigenvalue weighted by atomic mass is 10.3. The Morgan fingerprint density at radius 2 is 1.65 bits per heavy atom. The number of ether oxygens (including phenoxy) is 3. The smallest absolute Gasteiger partial charge is 0.346 e. The lowest BCUT2D eigenvalue weighted by Gasteiger charge is -2.12. The summed E-state index contributed by atoms with van der Waals surface area (Å²) in [6, 6.07) is 10.0. The highest BCUT2D eigenvalue weighted by Gasteiger charge is 2.14. The minimum atomic E-state index is -0.699. The number of benzene rings is 2. The summed E-state index contributed by atoms with van der Waals surface area (Å²) in [5, 5.41) is 0.811. The Kier molecular flexibility index (Phi) is 5.44. The molecule has 0 bridgehead atoms. The number of carbonyl (C=O) groups is 1. The van der Waals surface area contributed by atoms with E-state index < -0.39 is 12.1 Å². The largest absolute Gasteiger partial charge is 0.479 e. The van der Waals surface area contributed by atoms with Gasteiger partial charge in [0.05, 0.1) is 34.4 Å². The molecule has 1 aromatic heterocycles. The summed E-state index contributed by atoms with van der Waals surface area (Å²) in [5.41, 5.74) is 1.19. The van der Waals surface area contributed by atoms with E-state index in [0.717, 1.165) is 0 Å². The second-order valence-electron chi connectivity index (χ2n) is 5.32. The average molecular weight is 393 g/mol. The minimum absolute atomic E-state index is 0.312. The van der Waals surface area contributed by atoms with Gasteiger partial charge in [-0.2, -0.15) is 0 Å². The van der Waals surface area contributed by atoms with Gasteiger partial charge < -0.3 is 14.2 Å². The number of aromatic nitrogens is 2. The van der Waals surface area contributed by atoms with Crippen molar-refractivity contribution in [1.82, 2.24) is 9.97 Å². The summed E-state index contributed by atoms with van der Waals surface area (Å²) in [6.07, 6.45) is 0.797. The molecule has 26 heavy (non-hydrogen) atoms. The molecular formula is C18H14Cl2N2O4. The monoisotopic (exact) mass is 392 g/mol. The zero-order valence-electron chi connectivity index (χ0n) is 13.9. The third-order valence-corrected chi connectivity index (χ3v) is 4.18. The van der Waals surface area contributed by atoms with Crippen LogP contribution in [0.5, 0.6) is 17.4 Å². The van der Waals surface area contributed by atoms with Gasteiger partial charge in [0.15, 0.2) is 6.10 Å². The van der Waals surface area contributed by atoms with E-state index in [2.05, 4.69) is 14.7 Å². The number of rotatable bonds is 5. The number of esters is 1. The molecule has 6 nitrogen and oxygen atoms in total. The zero-order chi connectivity index (χ0) is 18.7. The molecule has 0 aliphatic carbocycles. The van der Waals surface area contributed by atoms with Crippen LogP contribution in [0.1, 0.15) is 6.92 Å². The highest BCUT2D eigenvalue weighted by molar-refractivity contribution is 6.42. The van der Waals surface area contributed by atoms with E-state index in [1.54, 1.807) is 43.3 Å². The molecule has 1 unspecified atom stereocenters. The number of methoxy groups -OCH3 is 1. The van der Waals surface area contributed by atoms with Crippen LogP contribution in [0.2, 0.25) is 10.0 Å². The summed E-state index contributed by atoms with van der Waals surface area (Å²) in [5.74, 6) is 0.918. The van der Waals surface area contributed by atoms with Crippen molar-refractivity contribution in [2.45, 2.75) is 13.0 Å². The summed E-state index contributed by atoms with van der Waals surface area (Å²) in [4.78, 5) is 20.0. The van der Waals surface area contributed by atoms with Crippen LogP contribution in [0.4, 0.5) is 0 Å². The molecule has 0 radical (unpaired) electrons. The van der Waals surface area contributed by atoms with E-state index >= 15 is 0 Å². The van der Waals surface area contributed by atoms with Gasteiger partial charge in [0.2, 0.25) is 5.88 Å². The van der Waals surface area contributed by atoms with E-state index in [4.69, 9.17) is 32.7 Å². The summed E-state index contributed by atoms with van der Waals surface area (Å²) < 4.78 is 15.8. The first-order chi connectivity index (χ1) is 12.5. The lowest BCUT2D eigenvalue weighted by Crippen LogP contribution is -2.24. The molecule has 1 heterocycles. The Balaban J connectivity index is 1.73. The van der Waals surface area contributed by atoms with Crippen molar-refractivity contribution in [3.05, 3.63) is 52.6 Å². The third-order valence-electron chi connectivity index (χ3n) is 3.45. The molecule has 0 saturated carbocycles. The predicted molar refractivity (Wildman–Crippen MR) is 98.2 cm³/mol. The normalized spacial score (nSPS) is 11.8. The van der Waals surface area contributed by atoms with Gasteiger partial charge in [-0.3, -0.25) is 0 Å². The highest BCUT2D eigenvalue weighted by atomic mass is 35.5. The van der Waals surface area contributed by atoms with E-state index in [9.17, 15) is 4.79 Å². The van der Waals surface area contributed by atoms with Crippen LogP contribution in [0.25, 0.3) is 11.0 Å². The first-order valence-electron chi connectivity index (χ1n) is 7.60. The number of hydrogen-bond donors (Lipinski definition) is 0. The molecule has 0 N–H and O–H groups in total. The third kappa shape index (κ3) is 4.15.